The van der Waals surface area contributed by atoms with E-state index in [0.717, 1.165) is 11.3 Å². The van der Waals surface area contributed by atoms with Crippen LogP contribution in [0.1, 0.15) is 10.4 Å². The molecule has 0 spiro atoms. The molecule has 0 aliphatic heterocycles. The molecule has 5 heteroatoms. The van der Waals surface area contributed by atoms with Gasteiger partial charge in [0.15, 0.2) is 0 Å². The van der Waals surface area contributed by atoms with Gasteiger partial charge in [-0.1, -0.05) is 17.7 Å². The van der Waals surface area contributed by atoms with E-state index in [9.17, 15) is 4.79 Å². The number of carboxylic acids is 1. The lowest BCUT2D eigenvalue weighted by Crippen LogP contribution is -1.97. The van der Waals surface area contributed by atoms with Gasteiger partial charge >= 0.3 is 5.97 Å². The Morgan fingerprint density at radius 2 is 2.19 bits per heavy atom. The van der Waals surface area contributed by atoms with Gasteiger partial charge in [-0.2, -0.15) is 5.10 Å². The maximum absolute atomic E-state index is 10.8. The van der Waals surface area contributed by atoms with Crippen LogP contribution in [0.3, 0.4) is 0 Å². The van der Waals surface area contributed by atoms with Crippen molar-refractivity contribution in [3.8, 4) is 11.3 Å². The summed E-state index contributed by atoms with van der Waals surface area (Å²) >= 11 is 5.87. The Balaban J connectivity index is 2.45. The summed E-state index contributed by atoms with van der Waals surface area (Å²) in [4.78, 5) is 10.8. The molecular formula is C11H9ClN2O2. The third-order valence-electron chi connectivity index (χ3n) is 2.21. The Labute approximate surface area is 97.1 Å². The number of benzene rings is 1. The molecule has 1 heterocycles. The average molecular weight is 237 g/mol. The van der Waals surface area contributed by atoms with Gasteiger partial charge in [0.05, 0.1) is 16.3 Å². The van der Waals surface area contributed by atoms with Crippen molar-refractivity contribution in [3.05, 3.63) is 41.0 Å². The Kier molecular flexibility index (Phi) is 2.66. The van der Waals surface area contributed by atoms with Crippen molar-refractivity contribution in [2.75, 3.05) is 0 Å². The molecule has 1 aromatic carbocycles. The van der Waals surface area contributed by atoms with Gasteiger partial charge in [0.1, 0.15) is 0 Å². The molecule has 2 aromatic rings. The zero-order chi connectivity index (χ0) is 11.7. The van der Waals surface area contributed by atoms with E-state index in [0.29, 0.717) is 0 Å². The van der Waals surface area contributed by atoms with Crippen LogP contribution in [0.25, 0.3) is 11.3 Å². The first-order valence-electron chi connectivity index (χ1n) is 4.61. The number of aryl methyl sites for hydroxylation is 1. The summed E-state index contributed by atoms with van der Waals surface area (Å²) in [6, 6.07) is 6.62. The Morgan fingerprint density at radius 3 is 2.69 bits per heavy atom. The molecule has 0 saturated carbocycles. The summed E-state index contributed by atoms with van der Waals surface area (Å²) in [5.41, 5.74) is 1.67. The standard InChI is InChI=1S/C11H9ClN2O2/c1-14-5-4-10(13-14)7-2-3-8(11(15)16)9(12)6-7/h2-6H,1H3,(H,15,16). The monoisotopic (exact) mass is 236 g/mol. The third kappa shape index (κ3) is 1.92. The Morgan fingerprint density at radius 1 is 1.44 bits per heavy atom. The van der Waals surface area contributed by atoms with Crippen LogP contribution < -0.4 is 0 Å². The van der Waals surface area contributed by atoms with E-state index in [-0.39, 0.29) is 10.6 Å². The molecule has 1 aromatic heterocycles. The molecule has 0 aliphatic rings. The smallest absolute Gasteiger partial charge is 0.337 e. The first kappa shape index (κ1) is 10.7. The lowest BCUT2D eigenvalue weighted by atomic mass is 10.1. The second-order valence-electron chi connectivity index (χ2n) is 3.37. The fourth-order valence-corrected chi connectivity index (χ4v) is 1.68. The van der Waals surface area contributed by atoms with E-state index < -0.39 is 5.97 Å². The largest absolute Gasteiger partial charge is 0.478 e. The van der Waals surface area contributed by atoms with Gasteiger partial charge in [0.25, 0.3) is 0 Å². The number of carbonyl (C=O) groups is 1. The van der Waals surface area contributed by atoms with Crippen molar-refractivity contribution in [1.29, 1.82) is 0 Å². The van der Waals surface area contributed by atoms with Crippen LogP contribution in [0.2, 0.25) is 5.02 Å². The number of aromatic carboxylic acids is 1. The first-order valence-corrected chi connectivity index (χ1v) is 4.98. The van der Waals surface area contributed by atoms with E-state index >= 15 is 0 Å². The number of hydrogen-bond acceptors (Lipinski definition) is 2. The highest BCUT2D eigenvalue weighted by atomic mass is 35.5. The maximum Gasteiger partial charge on any atom is 0.337 e. The second-order valence-corrected chi connectivity index (χ2v) is 3.78. The summed E-state index contributed by atoms with van der Waals surface area (Å²) in [5, 5.41) is 13.3. The van der Waals surface area contributed by atoms with Crippen molar-refractivity contribution in [2.24, 2.45) is 7.05 Å². The molecule has 82 valence electrons. The van der Waals surface area contributed by atoms with Gasteiger partial charge in [-0.15, -0.1) is 0 Å². The highest BCUT2D eigenvalue weighted by Gasteiger charge is 2.10. The maximum atomic E-state index is 10.8. The molecule has 16 heavy (non-hydrogen) atoms. The predicted octanol–water partition coefficient (Wildman–Crippen LogP) is 2.44. The van der Waals surface area contributed by atoms with Gasteiger partial charge in [-0.3, -0.25) is 4.68 Å². The van der Waals surface area contributed by atoms with Gasteiger partial charge in [0.2, 0.25) is 0 Å². The summed E-state index contributed by atoms with van der Waals surface area (Å²) in [7, 11) is 1.82. The summed E-state index contributed by atoms with van der Waals surface area (Å²) in [6.45, 7) is 0. The van der Waals surface area contributed by atoms with Crippen LogP contribution in [-0.2, 0) is 7.05 Å². The summed E-state index contributed by atoms with van der Waals surface area (Å²) in [5.74, 6) is -1.03. The molecule has 0 atom stereocenters. The molecule has 1 N–H and O–H groups in total. The fourth-order valence-electron chi connectivity index (χ4n) is 1.42. The van der Waals surface area contributed by atoms with Gasteiger partial charge < -0.3 is 5.11 Å². The van der Waals surface area contributed by atoms with Crippen LogP contribution >= 0.6 is 11.6 Å². The van der Waals surface area contributed by atoms with Crippen LogP contribution in [0.5, 0.6) is 0 Å². The lowest BCUT2D eigenvalue weighted by molar-refractivity contribution is 0.0697. The Bertz CT molecular complexity index is 549. The van der Waals surface area contributed by atoms with Crippen molar-refractivity contribution < 1.29 is 9.90 Å². The predicted molar refractivity (Wildman–Crippen MR) is 60.6 cm³/mol. The topological polar surface area (TPSA) is 55.1 Å². The summed E-state index contributed by atoms with van der Waals surface area (Å²) in [6.07, 6.45) is 1.81. The number of carboxylic acid groups (broad SMARTS) is 1. The third-order valence-corrected chi connectivity index (χ3v) is 2.52. The minimum atomic E-state index is -1.03. The van der Waals surface area contributed by atoms with E-state index in [1.165, 1.54) is 6.07 Å². The van der Waals surface area contributed by atoms with Crippen LogP contribution in [0.4, 0.5) is 0 Å². The molecule has 0 fully saturated rings. The van der Waals surface area contributed by atoms with E-state index in [1.54, 1.807) is 16.8 Å². The molecule has 0 amide bonds. The SMILES string of the molecule is Cn1ccc(-c2ccc(C(=O)O)c(Cl)c2)n1. The van der Waals surface area contributed by atoms with Crippen LogP contribution in [0.15, 0.2) is 30.5 Å². The molecule has 0 saturated heterocycles. The number of aromatic nitrogens is 2. The number of halogens is 1. The molecule has 4 nitrogen and oxygen atoms in total. The number of nitrogens with zero attached hydrogens (tertiary/aromatic N) is 2. The number of hydrogen-bond donors (Lipinski definition) is 1. The quantitative estimate of drug-likeness (QED) is 0.871. The van der Waals surface area contributed by atoms with Crippen molar-refractivity contribution in [1.82, 2.24) is 9.78 Å². The van der Waals surface area contributed by atoms with Gasteiger partial charge in [-0.25, -0.2) is 4.79 Å². The normalized spacial score (nSPS) is 10.4. The van der Waals surface area contributed by atoms with Gasteiger partial charge in [-0.05, 0) is 18.2 Å². The minimum absolute atomic E-state index is 0.0985. The van der Waals surface area contributed by atoms with E-state index in [1.807, 2.05) is 19.3 Å². The van der Waals surface area contributed by atoms with Crippen LogP contribution in [0, 0.1) is 0 Å². The van der Waals surface area contributed by atoms with E-state index in [4.69, 9.17) is 16.7 Å². The molecular weight excluding hydrogens is 228 g/mol. The van der Waals surface area contributed by atoms with Gasteiger partial charge in [0, 0.05) is 18.8 Å². The zero-order valence-corrected chi connectivity index (χ0v) is 9.27. The summed E-state index contributed by atoms with van der Waals surface area (Å²) < 4.78 is 1.67. The molecule has 0 bridgehead atoms. The molecule has 0 aliphatic carbocycles. The van der Waals surface area contributed by atoms with Crippen molar-refractivity contribution >= 4 is 17.6 Å². The lowest BCUT2D eigenvalue weighted by Gasteiger charge is -2.01. The number of rotatable bonds is 2. The fraction of sp³-hybridized carbons (Fsp3) is 0.0909. The van der Waals surface area contributed by atoms with E-state index in [2.05, 4.69) is 5.10 Å². The van der Waals surface area contributed by atoms with Crippen molar-refractivity contribution in [3.63, 3.8) is 0 Å². The Hall–Kier alpha value is -1.81. The zero-order valence-electron chi connectivity index (χ0n) is 8.51. The molecule has 0 radical (unpaired) electrons. The second kappa shape index (κ2) is 3.98. The van der Waals surface area contributed by atoms with Crippen LogP contribution in [-0.4, -0.2) is 20.9 Å². The average Bonchev–Trinajstić information content (AvgIpc) is 2.64. The highest BCUT2D eigenvalue weighted by Crippen LogP contribution is 2.24. The first-order chi connectivity index (χ1) is 7.58. The molecule has 0 unspecified atom stereocenters. The highest BCUT2D eigenvalue weighted by molar-refractivity contribution is 6.33. The molecule has 2 rings (SSSR count). The minimum Gasteiger partial charge on any atom is -0.478 e. The van der Waals surface area contributed by atoms with Crippen molar-refractivity contribution in [2.45, 2.75) is 0 Å².